The highest BCUT2D eigenvalue weighted by atomic mass is 32.2. The molecular formula is C18H21F2NO4S. The van der Waals surface area contributed by atoms with Crippen LogP contribution in [0.1, 0.15) is 19.4 Å². The lowest BCUT2D eigenvalue weighted by molar-refractivity contribution is -0.0511. The highest BCUT2D eigenvalue weighted by Gasteiger charge is 2.17. The summed E-state index contributed by atoms with van der Waals surface area (Å²) >= 11 is 0. The van der Waals surface area contributed by atoms with Gasteiger partial charge in [0.05, 0.1) is 17.7 Å². The van der Waals surface area contributed by atoms with Gasteiger partial charge in [-0.05, 0) is 42.2 Å². The third-order valence-electron chi connectivity index (χ3n) is 3.51. The molecule has 0 heterocycles. The largest absolute Gasteiger partial charge is 0.493 e. The van der Waals surface area contributed by atoms with Crippen LogP contribution in [-0.2, 0) is 16.4 Å². The van der Waals surface area contributed by atoms with Crippen molar-refractivity contribution in [2.24, 2.45) is 5.92 Å². The summed E-state index contributed by atoms with van der Waals surface area (Å²) in [6.45, 7) is 1.11. The van der Waals surface area contributed by atoms with Gasteiger partial charge in [-0.1, -0.05) is 26.0 Å². The number of anilines is 1. The van der Waals surface area contributed by atoms with Gasteiger partial charge < -0.3 is 9.47 Å². The Kier molecular flexibility index (Phi) is 6.42. The molecule has 2 rings (SSSR count). The van der Waals surface area contributed by atoms with Crippen molar-refractivity contribution in [2.45, 2.75) is 31.8 Å². The number of hydrogen-bond acceptors (Lipinski definition) is 4. The van der Waals surface area contributed by atoms with Crippen LogP contribution in [-0.4, -0.2) is 22.1 Å². The average molecular weight is 385 g/mol. The van der Waals surface area contributed by atoms with Crippen LogP contribution < -0.4 is 14.2 Å². The molecule has 2 aromatic rings. The molecular weight excluding hydrogens is 364 g/mol. The molecule has 8 heteroatoms. The van der Waals surface area contributed by atoms with E-state index in [0.29, 0.717) is 5.92 Å². The van der Waals surface area contributed by atoms with Crippen molar-refractivity contribution >= 4 is 15.7 Å². The number of halogens is 2. The van der Waals surface area contributed by atoms with E-state index in [0.717, 1.165) is 18.1 Å². The predicted octanol–water partition coefficient (Wildman–Crippen LogP) is 4.30. The molecule has 0 aliphatic rings. The summed E-state index contributed by atoms with van der Waals surface area (Å²) in [5, 5.41) is 0. The summed E-state index contributed by atoms with van der Waals surface area (Å²) in [6, 6.07) is 10.4. The SMILES string of the molecule is COc1ccc(NS(=O)(=O)c2ccc(CC(C)C)cc2)cc1OC(F)F. The van der Waals surface area contributed by atoms with E-state index < -0.39 is 16.6 Å². The van der Waals surface area contributed by atoms with Crippen molar-refractivity contribution < 1.29 is 26.7 Å². The molecule has 0 fully saturated rings. The predicted molar refractivity (Wildman–Crippen MR) is 95.4 cm³/mol. The van der Waals surface area contributed by atoms with Crippen molar-refractivity contribution in [2.75, 3.05) is 11.8 Å². The smallest absolute Gasteiger partial charge is 0.387 e. The van der Waals surface area contributed by atoms with Crippen LogP contribution in [0.4, 0.5) is 14.5 Å². The van der Waals surface area contributed by atoms with Crippen molar-refractivity contribution in [3.63, 3.8) is 0 Å². The summed E-state index contributed by atoms with van der Waals surface area (Å²) in [5.41, 5.74) is 1.13. The highest BCUT2D eigenvalue weighted by molar-refractivity contribution is 7.92. The highest BCUT2D eigenvalue weighted by Crippen LogP contribution is 2.32. The Hall–Kier alpha value is -2.35. The molecule has 0 unspecified atom stereocenters. The van der Waals surface area contributed by atoms with E-state index in [-0.39, 0.29) is 22.1 Å². The Bertz CT molecular complexity index is 837. The molecule has 26 heavy (non-hydrogen) atoms. The van der Waals surface area contributed by atoms with Crippen molar-refractivity contribution in [3.8, 4) is 11.5 Å². The molecule has 0 amide bonds. The molecule has 5 nitrogen and oxygen atoms in total. The first kappa shape index (κ1) is 20.0. The first-order chi connectivity index (χ1) is 12.2. The summed E-state index contributed by atoms with van der Waals surface area (Å²) in [5.74, 6) is 0.282. The molecule has 0 saturated heterocycles. The fourth-order valence-corrected chi connectivity index (χ4v) is 3.47. The lowest BCUT2D eigenvalue weighted by Gasteiger charge is -2.13. The van der Waals surface area contributed by atoms with Crippen LogP contribution in [0.5, 0.6) is 11.5 Å². The number of benzene rings is 2. The maximum atomic E-state index is 12.5. The second-order valence-electron chi connectivity index (χ2n) is 6.09. The molecule has 0 saturated carbocycles. The summed E-state index contributed by atoms with van der Waals surface area (Å²) in [7, 11) is -2.56. The van der Waals surface area contributed by atoms with Crippen LogP contribution in [0.3, 0.4) is 0 Å². The van der Waals surface area contributed by atoms with Gasteiger partial charge in [0.1, 0.15) is 0 Å². The van der Waals surface area contributed by atoms with Gasteiger partial charge in [0.15, 0.2) is 11.5 Å². The molecule has 0 aliphatic carbocycles. The summed E-state index contributed by atoms with van der Waals surface area (Å²) < 4.78 is 61.6. The van der Waals surface area contributed by atoms with E-state index in [1.54, 1.807) is 12.1 Å². The first-order valence-electron chi connectivity index (χ1n) is 7.96. The monoisotopic (exact) mass is 385 g/mol. The molecule has 2 aromatic carbocycles. The van der Waals surface area contributed by atoms with Crippen LogP contribution in [0.25, 0.3) is 0 Å². The van der Waals surface area contributed by atoms with E-state index in [4.69, 9.17) is 4.74 Å². The van der Waals surface area contributed by atoms with Gasteiger partial charge >= 0.3 is 6.61 Å². The zero-order valence-corrected chi connectivity index (χ0v) is 15.5. The molecule has 0 atom stereocenters. The van der Waals surface area contributed by atoms with Crippen LogP contribution in [0, 0.1) is 5.92 Å². The minimum Gasteiger partial charge on any atom is -0.493 e. The van der Waals surface area contributed by atoms with Gasteiger partial charge in [0.25, 0.3) is 10.0 Å². The quantitative estimate of drug-likeness (QED) is 0.736. The number of ether oxygens (including phenoxy) is 2. The van der Waals surface area contributed by atoms with Gasteiger partial charge in [0.2, 0.25) is 0 Å². The van der Waals surface area contributed by atoms with Gasteiger partial charge in [-0.15, -0.1) is 0 Å². The maximum absolute atomic E-state index is 12.5. The summed E-state index contributed by atoms with van der Waals surface area (Å²) in [6.07, 6.45) is 0.848. The average Bonchev–Trinajstić information content (AvgIpc) is 2.54. The number of hydrogen-bond donors (Lipinski definition) is 1. The van der Waals surface area contributed by atoms with E-state index in [1.807, 2.05) is 0 Å². The van der Waals surface area contributed by atoms with Gasteiger partial charge in [-0.2, -0.15) is 8.78 Å². The van der Waals surface area contributed by atoms with Crippen LogP contribution in [0.2, 0.25) is 0 Å². The van der Waals surface area contributed by atoms with Crippen molar-refractivity contribution in [3.05, 3.63) is 48.0 Å². The van der Waals surface area contributed by atoms with Gasteiger partial charge in [-0.25, -0.2) is 8.42 Å². The molecule has 142 valence electrons. The van der Waals surface area contributed by atoms with E-state index in [1.165, 1.54) is 31.4 Å². The van der Waals surface area contributed by atoms with E-state index in [2.05, 4.69) is 23.3 Å². The minimum atomic E-state index is -3.86. The zero-order valence-electron chi connectivity index (χ0n) is 14.7. The molecule has 1 N–H and O–H groups in total. The third kappa shape index (κ3) is 5.32. The number of rotatable bonds is 8. The number of nitrogens with one attached hydrogen (secondary N) is 1. The summed E-state index contributed by atoms with van der Waals surface area (Å²) in [4.78, 5) is 0.0807. The van der Waals surface area contributed by atoms with Gasteiger partial charge in [-0.3, -0.25) is 4.72 Å². The maximum Gasteiger partial charge on any atom is 0.387 e. The lowest BCUT2D eigenvalue weighted by atomic mass is 10.0. The number of sulfonamides is 1. The molecule has 0 spiro atoms. The van der Waals surface area contributed by atoms with Gasteiger partial charge in [0, 0.05) is 6.07 Å². The first-order valence-corrected chi connectivity index (χ1v) is 9.44. The van der Waals surface area contributed by atoms with Crippen molar-refractivity contribution in [1.82, 2.24) is 0 Å². The Balaban J connectivity index is 2.23. The fraction of sp³-hybridized carbons (Fsp3) is 0.333. The Morgan fingerprint density at radius 2 is 1.69 bits per heavy atom. The normalized spacial score (nSPS) is 11.7. The number of alkyl halides is 2. The Labute approximate surface area is 152 Å². The Morgan fingerprint density at radius 1 is 1.04 bits per heavy atom. The fourth-order valence-electron chi connectivity index (χ4n) is 2.42. The van der Waals surface area contributed by atoms with Crippen LogP contribution >= 0.6 is 0 Å². The lowest BCUT2D eigenvalue weighted by Crippen LogP contribution is -2.13. The van der Waals surface area contributed by atoms with E-state index >= 15 is 0 Å². The third-order valence-corrected chi connectivity index (χ3v) is 4.91. The van der Waals surface area contributed by atoms with Crippen LogP contribution in [0.15, 0.2) is 47.4 Å². The van der Waals surface area contributed by atoms with E-state index in [9.17, 15) is 17.2 Å². The topological polar surface area (TPSA) is 64.6 Å². The Morgan fingerprint density at radius 3 is 2.23 bits per heavy atom. The molecule has 0 radical (unpaired) electrons. The standard InChI is InChI=1S/C18H21F2NO4S/c1-12(2)10-13-4-7-15(8-5-13)26(22,23)21-14-6-9-16(24-3)17(11-14)25-18(19)20/h4-9,11-12,18,21H,10H2,1-3H3. The molecule has 0 aliphatic heterocycles. The molecule has 0 bridgehead atoms. The zero-order chi connectivity index (χ0) is 19.3. The van der Waals surface area contributed by atoms with Crippen molar-refractivity contribution in [1.29, 1.82) is 0 Å². The molecule has 0 aromatic heterocycles. The number of methoxy groups -OCH3 is 1. The second-order valence-corrected chi connectivity index (χ2v) is 7.77. The second kappa shape index (κ2) is 8.35. The minimum absolute atomic E-state index is 0.0753.